The second-order valence-electron chi connectivity index (χ2n) is 3.49. The van der Waals surface area contributed by atoms with Crippen molar-refractivity contribution >= 4 is 15.7 Å². The van der Waals surface area contributed by atoms with Gasteiger partial charge in [-0.1, -0.05) is 36.9 Å². The minimum absolute atomic E-state index is 0.0871. The molecule has 0 aliphatic rings. The molecule has 0 saturated carbocycles. The van der Waals surface area contributed by atoms with Gasteiger partial charge in [-0.05, 0) is 5.56 Å². The maximum atomic E-state index is 11.6. The lowest BCUT2D eigenvalue weighted by Gasteiger charge is -2.04. The predicted octanol–water partition coefficient (Wildman–Crippen LogP) is 0.643. The summed E-state index contributed by atoms with van der Waals surface area (Å²) in [5.41, 5.74) is 5.53. The second-order valence-corrected chi connectivity index (χ2v) is 5.55. The van der Waals surface area contributed by atoms with Crippen molar-refractivity contribution in [1.29, 1.82) is 0 Å². The molecule has 0 fully saturated rings. The number of hydrogen-bond acceptors (Lipinski definition) is 3. The van der Waals surface area contributed by atoms with Crippen LogP contribution in [0.5, 0.6) is 0 Å². The summed E-state index contributed by atoms with van der Waals surface area (Å²) in [4.78, 5) is 10.7. The van der Waals surface area contributed by atoms with Gasteiger partial charge in [-0.15, -0.1) is 0 Å². The Morgan fingerprint density at radius 2 is 1.81 bits per heavy atom. The highest BCUT2D eigenvalue weighted by molar-refractivity contribution is 7.90. The molecule has 0 aliphatic carbocycles. The molecule has 0 saturated heterocycles. The van der Waals surface area contributed by atoms with E-state index in [9.17, 15) is 13.2 Å². The average molecular weight is 239 g/mol. The summed E-state index contributed by atoms with van der Waals surface area (Å²) in [6.07, 6.45) is 0. The number of nitrogens with two attached hydrogens (primary N) is 1. The fourth-order valence-electron chi connectivity index (χ4n) is 1.22. The molecule has 0 aromatic heterocycles. The SMILES string of the molecule is C=C(CS(=O)(=O)Cc1ccccc1)C(N)=O. The van der Waals surface area contributed by atoms with Crippen LogP contribution in [0.3, 0.4) is 0 Å². The maximum absolute atomic E-state index is 11.6. The van der Waals surface area contributed by atoms with Crippen molar-refractivity contribution in [2.45, 2.75) is 5.75 Å². The van der Waals surface area contributed by atoms with Crippen LogP contribution < -0.4 is 5.73 Å². The van der Waals surface area contributed by atoms with Crippen molar-refractivity contribution in [2.75, 3.05) is 5.75 Å². The first kappa shape index (κ1) is 12.4. The molecule has 0 bridgehead atoms. The highest BCUT2D eigenvalue weighted by Gasteiger charge is 2.16. The Labute approximate surface area is 94.7 Å². The largest absolute Gasteiger partial charge is 0.366 e. The van der Waals surface area contributed by atoms with Crippen molar-refractivity contribution in [3.8, 4) is 0 Å². The van der Waals surface area contributed by atoms with E-state index in [-0.39, 0.29) is 11.3 Å². The summed E-state index contributed by atoms with van der Waals surface area (Å²) in [5.74, 6) is -1.28. The molecule has 16 heavy (non-hydrogen) atoms. The number of carbonyl (C=O) groups excluding carboxylic acids is 1. The minimum Gasteiger partial charge on any atom is -0.366 e. The molecule has 0 heterocycles. The van der Waals surface area contributed by atoms with E-state index in [1.807, 2.05) is 0 Å². The molecular formula is C11H13NO3S. The van der Waals surface area contributed by atoms with Gasteiger partial charge >= 0.3 is 0 Å². The number of benzene rings is 1. The molecule has 0 spiro atoms. The molecule has 0 unspecified atom stereocenters. The van der Waals surface area contributed by atoms with E-state index < -0.39 is 21.5 Å². The van der Waals surface area contributed by atoms with Gasteiger partial charge in [0.2, 0.25) is 5.91 Å². The molecule has 1 aromatic rings. The summed E-state index contributed by atoms with van der Waals surface area (Å²) in [6.45, 7) is 3.33. The van der Waals surface area contributed by atoms with Crippen molar-refractivity contribution in [2.24, 2.45) is 5.73 Å². The lowest BCUT2D eigenvalue weighted by Crippen LogP contribution is -2.21. The number of hydrogen-bond donors (Lipinski definition) is 1. The quantitative estimate of drug-likeness (QED) is 0.766. The Hall–Kier alpha value is -1.62. The van der Waals surface area contributed by atoms with Crippen LogP contribution in [0, 0.1) is 0 Å². The first-order chi connectivity index (χ1) is 7.41. The summed E-state index contributed by atoms with van der Waals surface area (Å²) >= 11 is 0. The van der Waals surface area contributed by atoms with Crippen LogP contribution in [0.1, 0.15) is 5.56 Å². The van der Waals surface area contributed by atoms with Crippen LogP contribution >= 0.6 is 0 Å². The van der Waals surface area contributed by atoms with Crippen LogP contribution in [-0.2, 0) is 20.4 Å². The zero-order chi connectivity index (χ0) is 12.2. The monoisotopic (exact) mass is 239 g/mol. The fourth-order valence-corrected chi connectivity index (χ4v) is 2.69. The first-order valence-electron chi connectivity index (χ1n) is 4.62. The third kappa shape index (κ3) is 3.86. The van der Waals surface area contributed by atoms with Gasteiger partial charge in [0.1, 0.15) is 0 Å². The number of carbonyl (C=O) groups is 1. The maximum Gasteiger partial charge on any atom is 0.245 e. The van der Waals surface area contributed by atoms with E-state index in [1.54, 1.807) is 30.3 Å². The number of amides is 1. The summed E-state index contributed by atoms with van der Waals surface area (Å²) < 4.78 is 23.3. The van der Waals surface area contributed by atoms with Gasteiger partial charge in [0.25, 0.3) is 0 Å². The van der Waals surface area contributed by atoms with E-state index in [1.165, 1.54) is 0 Å². The van der Waals surface area contributed by atoms with Crippen LogP contribution in [0.4, 0.5) is 0 Å². The van der Waals surface area contributed by atoms with Crippen molar-refractivity contribution in [3.05, 3.63) is 48.0 Å². The standard InChI is InChI=1S/C11H13NO3S/c1-9(11(12)13)7-16(14,15)8-10-5-3-2-4-6-10/h2-6H,1,7-8H2,(H2,12,13). The normalized spacial score (nSPS) is 11.0. The highest BCUT2D eigenvalue weighted by Crippen LogP contribution is 2.08. The van der Waals surface area contributed by atoms with Gasteiger partial charge in [-0.2, -0.15) is 0 Å². The summed E-state index contributed by atoms with van der Waals surface area (Å²) in [6, 6.07) is 8.75. The second kappa shape index (κ2) is 4.94. The van der Waals surface area contributed by atoms with Gasteiger partial charge in [0.05, 0.1) is 11.5 Å². The average Bonchev–Trinajstić information content (AvgIpc) is 2.17. The molecule has 0 atom stereocenters. The zero-order valence-electron chi connectivity index (χ0n) is 8.72. The van der Waals surface area contributed by atoms with E-state index in [0.717, 1.165) is 0 Å². The lowest BCUT2D eigenvalue weighted by molar-refractivity contribution is -0.114. The van der Waals surface area contributed by atoms with E-state index in [2.05, 4.69) is 6.58 Å². The Bertz CT molecular complexity index is 491. The van der Waals surface area contributed by atoms with Gasteiger partial charge < -0.3 is 5.73 Å². The Morgan fingerprint density at radius 1 is 1.25 bits per heavy atom. The van der Waals surface area contributed by atoms with E-state index in [0.29, 0.717) is 5.56 Å². The third-order valence-corrected chi connectivity index (χ3v) is 3.53. The molecule has 1 rings (SSSR count). The first-order valence-corrected chi connectivity index (χ1v) is 6.45. The van der Waals surface area contributed by atoms with Gasteiger partial charge in [-0.3, -0.25) is 4.79 Å². The topological polar surface area (TPSA) is 77.2 Å². The molecule has 1 amide bonds. The molecule has 4 nitrogen and oxygen atoms in total. The van der Waals surface area contributed by atoms with Gasteiger partial charge in [0, 0.05) is 5.57 Å². The lowest BCUT2D eigenvalue weighted by atomic mass is 10.2. The van der Waals surface area contributed by atoms with Crippen molar-refractivity contribution < 1.29 is 13.2 Å². The zero-order valence-corrected chi connectivity index (χ0v) is 9.53. The minimum atomic E-state index is -3.38. The summed E-state index contributed by atoms with van der Waals surface area (Å²) in [5, 5.41) is 0. The number of sulfone groups is 1. The number of primary amides is 1. The van der Waals surface area contributed by atoms with Crippen LogP contribution in [0.2, 0.25) is 0 Å². The smallest absolute Gasteiger partial charge is 0.245 e. The predicted molar refractivity (Wildman–Crippen MR) is 62.3 cm³/mol. The Kier molecular flexibility index (Phi) is 3.84. The Morgan fingerprint density at radius 3 is 2.31 bits per heavy atom. The molecule has 86 valence electrons. The van der Waals surface area contributed by atoms with Gasteiger partial charge in [0.15, 0.2) is 9.84 Å². The van der Waals surface area contributed by atoms with Gasteiger partial charge in [-0.25, -0.2) is 8.42 Å². The highest BCUT2D eigenvalue weighted by atomic mass is 32.2. The molecule has 2 N–H and O–H groups in total. The number of rotatable bonds is 5. The molecule has 1 aromatic carbocycles. The van der Waals surface area contributed by atoms with E-state index in [4.69, 9.17) is 5.73 Å². The van der Waals surface area contributed by atoms with E-state index >= 15 is 0 Å². The van der Waals surface area contributed by atoms with Crippen molar-refractivity contribution in [1.82, 2.24) is 0 Å². The van der Waals surface area contributed by atoms with Crippen LogP contribution in [0.25, 0.3) is 0 Å². The van der Waals surface area contributed by atoms with Crippen LogP contribution in [0.15, 0.2) is 42.5 Å². The van der Waals surface area contributed by atoms with Crippen LogP contribution in [-0.4, -0.2) is 20.1 Å². The fraction of sp³-hybridized carbons (Fsp3) is 0.182. The summed E-state index contributed by atoms with van der Waals surface area (Å²) in [7, 11) is -3.38. The third-order valence-electron chi connectivity index (χ3n) is 1.97. The molecule has 5 heteroatoms. The molecule has 0 aliphatic heterocycles. The Balaban J connectivity index is 2.74. The molecule has 0 radical (unpaired) electrons. The van der Waals surface area contributed by atoms with Crippen molar-refractivity contribution in [3.63, 3.8) is 0 Å². The molecular weight excluding hydrogens is 226 g/mol.